The highest BCUT2D eigenvalue weighted by Crippen LogP contribution is 2.33. The molecule has 0 fully saturated rings. The Morgan fingerprint density at radius 1 is 1.14 bits per heavy atom. The summed E-state index contributed by atoms with van der Waals surface area (Å²) in [4.78, 5) is 19.6. The number of aryl methyl sites for hydroxylation is 1. The van der Waals surface area contributed by atoms with E-state index < -0.39 is 9.84 Å². The Balaban J connectivity index is 1.64. The van der Waals surface area contributed by atoms with Crippen molar-refractivity contribution in [3.63, 3.8) is 0 Å². The highest BCUT2D eigenvalue weighted by atomic mass is 32.2. The summed E-state index contributed by atoms with van der Waals surface area (Å²) in [6, 6.07) is 12.5. The van der Waals surface area contributed by atoms with Crippen LogP contribution < -0.4 is 9.47 Å². The zero-order chi connectivity index (χ0) is 26.6. The van der Waals surface area contributed by atoms with Gasteiger partial charge in [-0.3, -0.25) is 4.79 Å². The number of ether oxygens (including phenoxy) is 3. The van der Waals surface area contributed by atoms with E-state index in [1.54, 1.807) is 34.8 Å². The van der Waals surface area contributed by atoms with Crippen molar-refractivity contribution in [2.75, 3.05) is 27.1 Å². The predicted molar refractivity (Wildman–Crippen MR) is 138 cm³/mol. The molecular formula is C27H33N3O6S. The van der Waals surface area contributed by atoms with E-state index in [2.05, 4.69) is 4.98 Å². The zero-order valence-electron chi connectivity index (χ0n) is 21.6. The normalized spacial score (nSPS) is 12.8. The molecule has 2 heterocycles. The second-order valence-electron chi connectivity index (χ2n) is 9.57. The monoisotopic (exact) mass is 527 g/mol. The van der Waals surface area contributed by atoms with Gasteiger partial charge in [-0.05, 0) is 36.6 Å². The van der Waals surface area contributed by atoms with Crippen LogP contribution in [0.4, 0.5) is 0 Å². The predicted octanol–water partition coefficient (Wildman–Crippen LogP) is 3.84. The molecule has 1 aliphatic rings. The average molecular weight is 528 g/mol. The van der Waals surface area contributed by atoms with Crippen LogP contribution in [0.15, 0.2) is 53.8 Å². The first-order chi connectivity index (χ1) is 17.7. The number of methoxy groups -OCH3 is 1. The molecule has 37 heavy (non-hydrogen) atoms. The number of fused-ring (bicyclic) bond motifs is 1. The Morgan fingerprint density at radius 2 is 1.86 bits per heavy atom. The first-order valence-corrected chi connectivity index (χ1v) is 13.8. The van der Waals surface area contributed by atoms with Crippen LogP contribution in [0, 0.1) is 12.8 Å². The van der Waals surface area contributed by atoms with E-state index in [1.807, 2.05) is 45.0 Å². The number of nitrogens with zero attached hydrogens (tertiary/aromatic N) is 3. The number of benzene rings is 2. The third kappa shape index (κ3) is 6.31. The van der Waals surface area contributed by atoms with Crippen LogP contribution in [0.2, 0.25) is 0 Å². The van der Waals surface area contributed by atoms with Crippen LogP contribution in [0.1, 0.15) is 41.0 Å². The summed E-state index contributed by atoms with van der Waals surface area (Å²) in [5.74, 6) is 0.981. The quantitative estimate of drug-likeness (QED) is 0.374. The summed E-state index contributed by atoms with van der Waals surface area (Å²) in [5.41, 5.74) is 2.84. The van der Waals surface area contributed by atoms with E-state index >= 15 is 0 Å². The number of rotatable bonds is 11. The maximum Gasteiger partial charge on any atom is 0.254 e. The summed E-state index contributed by atoms with van der Waals surface area (Å²) < 4.78 is 44.5. The highest BCUT2D eigenvalue weighted by molar-refractivity contribution is 7.90. The van der Waals surface area contributed by atoms with Crippen molar-refractivity contribution >= 4 is 15.7 Å². The molecule has 0 radical (unpaired) electrons. The van der Waals surface area contributed by atoms with Gasteiger partial charge in [0.2, 0.25) is 21.8 Å². The maximum absolute atomic E-state index is 13.5. The molecule has 0 spiro atoms. The number of aromatic nitrogens is 2. The van der Waals surface area contributed by atoms with Gasteiger partial charge in [-0.15, -0.1) is 0 Å². The van der Waals surface area contributed by atoms with Crippen molar-refractivity contribution in [1.29, 1.82) is 0 Å². The van der Waals surface area contributed by atoms with Crippen LogP contribution in [0.25, 0.3) is 0 Å². The fraction of sp³-hybridized carbons (Fsp3) is 0.407. The van der Waals surface area contributed by atoms with Gasteiger partial charge in [0.15, 0.2) is 11.5 Å². The maximum atomic E-state index is 13.5. The van der Waals surface area contributed by atoms with Gasteiger partial charge in [0, 0.05) is 25.8 Å². The molecule has 1 aromatic heterocycles. The first-order valence-electron chi connectivity index (χ1n) is 12.2. The van der Waals surface area contributed by atoms with Gasteiger partial charge in [0.25, 0.3) is 5.91 Å². The molecule has 0 saturated heterocycles. The zero-order valence-corrected chi connectivity index (χ0v) is 22.5. The van der Waals surface area contributed by atoms with E-state index in [9.17, 15) is 13.2 Å². The van der Waals surface area contributed by atoms with Crippen molar-refractivity contribution in [3.8, 4) is 11.5 Å². The number of hydrogen-bond acceptors (Lipinski definition) is 7. The van der Waals surface area contributed by atoms with E-state index in [0.29, 0.717) is 48.0 Å². The van der Waals surface area contributed by atoms with Crippen molar-refractivity contribution in [2.24, 2.45) is 5.92 Å². The lowest BCUT2D eigenvalue weighted by Crippen LogP contribution is -2.34. The van der Waals surface area contributed by atoms with E-state index in [1.165, 1.54) is 6.20 Å². The molecule has 1 aliphatic heterocycles. The van der Waals surface area contributed by atoms with Gasteiger partial charge in [-0.25, -0.2) is 13.4 Å². The molecule has 4 rings (SSSR count). The Kier molecular flexibility index (Phi) is 8.19. The molecule has 0 N–H and O–H groups in total. The van der Waals surface area contributed by atoms with Gasteiger partial charge in [-0.1, -0.05) is 43.7 Å². The number of sulfone groups is 1. The summed E-state index contributed by atoms with van der Waals surface area (Å²) in [6.45, 7) is 7.41. The van der Waals surface area contributed by atoms with Crippen LogP contribution in [0.5, 0.6) is 11.5 Å². The molecule has 10 heteroatoms. The summed E-state index contributed by atoms with van der Waals surface area (Å²) in [5, 5.41) is -0.0276. The smallest absolute Gasteiger partial charge is 0.254 e. The summed E-state index contributed by atoms with van der Waals surface area (Å²) in [6.07, 6.45) is 1.54. The molecule has 0 unspecified atom stereocenters. The van der Waals surface area contributed by atoms with Crippen LogP contribution >= 0.6 is 0 Å². The van der Waals surface area contributed by atoms with Gasteiger partial charge in [0.1, 0.15) is 0 Å². The van der Waals surface area contributed by atoms with Crippen molar-refractivity contribution in [1.82, 2.24) is 14.5 Å². The van der Waals surface area contributed by atoms with Gasteiger partial charge >= 0.3 is 0 Å². The Bertz CT molecular complexity index is 1350. The number of carbonyl (C=O) groups is 1. The second kappa shape index (κ2) is 11.4. The Hall–Kier alpha value is -3.37. The molecule has 9 nitrogen and oxygen atoms in total. The summed E-state index contributed by atoms with van der Waals surface area (Å²) >= 11 is 0. The van der Waals surface area contributed by atoms with E-state index in [4.69, 9.17) is 14.2 Å². The lowest BCUT2D eigenvalue weighted by Gasteiger charge is -2.25. The molecule has 0 aliphatic carbocycles. The van der Waals surface area contributed by atoms with Crippen LogP contribution in [-0.4, -0.2) is 55.8 Å². The second-order valence-corrected chi connectivity index (χ2v) is 11.5. The lowest BCUT2D eigenvalue weighted by atomic mass is 10.1. The highest BCUT2D eigenvalue weighted by Gasteiger charge is 2.27. The van der Waals surface area contributed by atoms with Crippen molar-refractivity contribution < 1.29 is 27.4 Å². The molecule has 0 bridgehead atoms. The van der Waals surface area contributed by atoms with Crippen molar-refractivity contribution in [2.45, 2.75) is 44.8 Å². The third-order valence-corrected chi connectivity index (χ3v) is 7.62. The Morgan fingerprint density at radius 3 is 2.57 bits per heavy atom. The molecule has 1 amide bonds. The number of imidazole rings is 1. The molecule has 2 aromatic carbocycles. The first kappa shape index (κ1) is 26.7. The summed E-state index contributed by atoms with van der Waals surface area (Å²) in [7, 11) is -2.18. The standard InChI is InChI=1S/C27H33N3O6S/c1-19(2)15-29(26(31)22-9-10-24-25(13-22)36-18-35-24)16-23-14-28-27(30(23)11-12-34-4)37(32,33)17-21-7-5-20(3)6-8-21/h5-10,13-14,19H,11-12,15-18H2,1-4H3. The third-order valence-electron chi connectivity index (χ3n) is 6.02. The molecule has 0 saturated carbocycles. The van der Waals surface area contributed by atoms with E-state index in [-0.39, 0.29) is 36.1 Å². The van der Waals surface area contributed by atoms with Crippen molar-refractivity contribution in [3.05, 3.63) is 71.0 Å². The molecule has 3 aromatic rings. The number of hydrogen-bond donors (Lipinski definition) is 0. The number of carbonyl (C=O) groups excluding carboxylic acids is 1. The van der Waals surface area contributed by atoms with Gasteiger partial charge in [-0.2, -0.15) is 0 Å². The minimum Gasteiger partial charge on any atom is -0.454 e. The van der Waals surface area contributed by atoms with Crippen LogP contribution in [-0.2, 0) is 33.4 Å². The Labute approximate surface area is 217 Å². The largest absolute Gasteiger partial charge is 0.454 e. The van der Waals surface area contributed by atoms with Gasteiger partial charge in [0.05, 0.1) is 30.8 Å². The fourth-order valence-electron chi connectivity index (χ4n) is 4.22. The topological polar surface area (TPSA) is 100.0 Å². The molecular weight excluding hydrogens is 494 g/mol. The minimum absolute atomic E-state index is 0.0276. The molecule has 198 valence electrons. The molecule has 0 atom stereocenters. The van der Waals surface area contributed by atoms with Crippen LogP contribution in [0.3, 0.4) is 0 Å². The average Bonchev–Trinajstić information content (AvgIpc) is 3.49. The van der Waals surface area contributed by atoms with Gasteiger partial charge < -0.3 is 23.7 Å². The lowest BCUT2D eigenvalue weighted by molar-refractivity contribution is 0.0716. The SMILES string of the molecule is COCCn1c(CN(CC(C)C)C(=O)c2ccc3c(c2)OCO3)cnc1S(=O)(=O)Cc1ccc(C)cc1. The fourth-order valence-corrected chi connectivity index (χ4v) is 5.74. The minimum atomic E-state index is -3.74. The number of amides is 1. The van der Waals surface area contributed by atoms with E-state index in [0.717, 1.165) is 5.56 Å².